The van der Waals surface area contributed by atoms with Gasteiger partial charge in [-0.3, -0.25) is 0 Å². The van der Waals surface area contributed by atoms with Crippen molar-refractivity contribution in [1.82, 2.24) is 9.38 Å². The third kappa shape index (κ3) is 1.89. The van der Waals surface area contributed by atoms with Crippen LogP contribution in [0.2, 0.25) is 5.02 Å². The topological polar surface area (TPSA) is 17.3 Å². The van der Waals surface area contributed by atoms with E-state index in [0.717, 1.165) is 27.5 Å². The van der Waals surface area contributed by atoms with E-state index in [4.69, 9.17) is 11.6 Å². The molecule has 0 saturated heterocycles. The molecule has 0 N–H and O–H groups in total. The second kappa shape index (κ2) is 4.14. The lowest BCUT2D eigenvalue weighted by atomic mass is 10.1. The Morgan fingerprint density at radius 3 is 2.50 bits per heavy atom. The van der Waals surface area contributed by atoms with Crippen molar-refractivity contribution in [2.45, 2.75) is 13.8 Å². The second-order valence-electron chi connectivity index (χ2n) is 4.56. The molecule has 0 aliphatic rings. The van der Waals surface area contributed by atoms with Gasteiger partial charge in [-0.1, -0.05) is 41.4 Å². The summed E-state index contributed by atoms with van der Waals surface area (Å²) in [6.45, 7) is 4.10. The zero-order valence-corrected chi connectivity index (χ0v) is 11.1. The van der Waals surface area contributed by atoms with Crippen LogP contribution in [0.15, 0.2) is 42.7 Å². The van der Waals surface area contributed by atoms with Gasteiger partial charge in [0.1, 0.15) is 5.65 Å². The highest BCUT2D eigenvalue weighted by Gasteiger charge is 2.07. The van der Waals surface area contributed by atoms with E-state index in [1.54, 1.807) is 0 Å². The maximum atomic E-state index is 6.05. The highest BCUT2D eigenvalue weighted by atomic mass is 35.5. The van der Waals surface area contributed by atoms with Gasteiger partial charge in [0, 0.05) is 18.0 Å². The number of nitrogens with zero attached hydrogens (tertiary/aromatic N) is 2. The van der Waals surface area contributed by atoms with E-state index >= 15 is 0 Å². The number of imidazole rings is 1. The molecule has 0 radical (unpaired) electrons. The summed E-state index contributed by atoms with van der Waals surface area (Å²) in [5.74, 6) is 0. The van der Waals surface area contributed by atoms with Gasteiger partial charge in [-0.15, -0.1) is 0 Å². The van der Waals surface area contributed by atoms with Crippen LogP contribution in [0.25, 0.3) is 16.9 Å². The van der Waals surface area contributed by atoms with E-state index in [-0.39, 0.29) is 0 Å². The van der Waals surface area contributed by atoms with E-state index in [9.17, 15) is 0 Å². The van der Waals surface area contributed by atoms with Crippen LogP contribution in [0, 0.1) is 13.8 Å². The number of hydrogen-bond acceptors (Lipinski definition) is 1. The van der Waals surface area contributed by atoms with Gasteiger partial charge in [-0.05, 0) is 25.5 Å². The number of fused-ring (bicyclic) bond motifs is 1. The van der Waals surface area contributed by atoms with Gasteiger partial charge in [0.25, 0.3) is 0 Å². The summed E-state index contributed by atoms with van der Waals surface area (Å²) < 4.78 is 1.98. The quantitative estimate of drug-likeness (QED) is 0.636. The van der Waals surface area contributed by atoms with Gasteiger partial charge in [0.05, 0.1) is 10.7 Å². The third-order valence-corrected chi connectivity index (χ3v) is 3.26. The number of aromatic nitrogens is 2. The molecule has 0 bridgehead atoms. The van der Waals surface area contributed by atoms with Crippen molar-refractivity contribution in [3.8, 4) is 11.3 Å². The molecule has 0 saturated carbocycles. The summed E-state index contributed by atoms with van der Waals surface area (Å²) >= 11 is 6.05. The highest BCUT2D eigenvalue weighted by molar-refractivity contribution is 6.30. The van der Waals surface area contributed by atoms with E-state index in [1.165, 1.54) is 5.56 Å². The first-order valence-electron chi connectivity index (χ1n) is 5.85. The molecule has 0 fully saturated rings. The van der Waals surface area contributed by atoms with Crippen LogP contribution >= 0.6 is 11.6 Å². The smallest absolute Gasteiger partial charge is 0.140 e. The Morgan fingerprint density at radius 2 is 1.78 bits per heavy atom. The SMILES string of the molecule is Cc1ccc(-c2cn3cc(Cl)cc(C)c3n2)cc1. The van der Waals surface area contributed by atoms with Crippen LogP contribution < -0.4 is 0 Å². The van der Waals surface area contributed by atoms with Gasteiger partial charge < -0.3 is 4.40 Å². The molecule has 0 amide bonds. The Balaban J connectivity index is 2.19. The lowest BCUT2D eigenvalue weighted by molar-refractivity contribution is 1.16. The summed E-state index contributed by atoms with van der Waals surface area (Å²) in [6, 6.07) is 10.3. The van der Waals surface area contributed by atoms with Crippen molar-refractivity contribution in [1.29, 1.82) is 0 Å². The molecule has 90 valence electrons. The van der Waals surface area contributed by atoms with Gasteiger partial charge >= 0.3 is 0 Å². The van der Waals surface area contributed by atoms with Crippen molar-refractivity contribution >= 4 is 17.2 Å². The van der Waals surface area contributed by atoms with Crippen molar-refractivity contribution in [3.63, 3.8) is 0 Å². The number of halogens is 1. The zero-order valence-electron chi connectivity index (χ0n) is 10.3. The number of hydrogen-bond donors (Lipinski definition) is 0. The first-order valence-corrected chi connectivity index (χ1v) is 6.23. The Labute approximate surface area is 111 Å². The second-order valence-corrected chi connectivity index (χ2v) is 5.00. The van der Waals surface area contributed by atoms with Gasteiger partial charge in [0.15, 0.2) is 0 Å². The molecular formula is C15H13ClN2. The minimum absolute atomic E-state index is 0.729. The Morgan fingerprint density at radius 1 is 1.06 bits per heavy atom. The molecule has 2 nitrogen and oxygen atoms in total. The van der Waals surface area contributed by atoms with E-state index in [2.05, 4.69) is 36.2 Å². The van der Waals surface area contributed by atoms with Crippen LogP contribution in [0.4, 0.5) is 0 Å². The molecule has 0 aliphatic heterocycles. The van der Waals surface area contributed by atoms with Crippen LogP contribution in [0.1, 0.15) is 11.1 Å². The first kappa shape index (κ1) is 11.3. The summed E-state index contributed by atoms with van der Waals surface area (Å²) in [5.41, 5.74) is 5.39. The number of benzene rings is 1. The van der Waals surface area contributed by atoms with E-state index in [0.29, 0.717) is 0 Å². The fraction of sp³-hybridized carbons (Fsp3) is 0.133. The van der Waals surface area contributed by atoms with Crippen molar-refractivity contribution in [2.24, 2.45) is 0 Å². The standard InChI is InChI=1S/C15H13ClN2/c1-10-3-5-12(6-4-10)14-9-18-8-13(16)7-11(2)15(18)17-14/h3-9H,1-2H3. The van der Waals surface area contributed by atoms with Crippen molar-refractivity contribution in [2.75, 3.05) is 0 Å². The molecule has 3 rings (SSSR count). The molecule has 0 atom stereocenters. The van der Waals surface area contributed by atoms with Gasteiger partial charge in [-0.2, -0.15) is 0 Å². The van der Waals surface area contributed by atoms with Crippen molar-refractivity contribution in [3.05, 3.63) is 58.9 Å². The van der Waals surface area contributed by atoms with Gasteiger partial charge in [-0.25, -0.2) is 4.98 Å². The molecule has 3 heteroatoms. The Kier molecular flexibility index (Phi) is 2.60. The summed E-state index contributed by atoms with van der Waals surface area (Å²) in [4.78, 5) is 4.66. The maximum Gasteiger partial charge on any atom is 0.140 e. The highest BCUT2D eigenvalue weighted by Crippen LogP contribution is 2.23. The molecule has 2 aromatic heterocycles. The molecule has 3 aromatic rings. The van der Waals surface area contributed by atoms with Crippen molar-refractivity contribution < 1.29 is 0 Å². The lowest BCUT2D eigenvalue weighted by Gasteiger charge is -1.97. The minimum atomic E-state index is 0.729. The molecule has 0 aliphatic carbocycles. The Hall–Kier alpha value is -1.80. The number of pyridine rings is 1. The average Bonchev–Trinajstić information content (AvgIpc) is 2.74. The largest absolute Gasteiger partial charge is 0.305 e. The predicted octanol–water partition coefficient (Wildman–Crippen LogP) is 4.27. The zero-order chi connectivity index (χ0) is 12.7. The first-order chi connectivity index (χ1) is 8.63. The summed E-state index contributed by atoms with van der Waals surface area (Å²) in [5, 5.41) is 0.729. The number of aryl methyl sites for hydroxylation is 2. The Bertz CT molecular complexity index is 711. The monoisotopic (exact) mass is 256 g/mol. The molecule has 18 heavy (non-hydrogen) atoms. The van der Waals surface area contributed by atoms with Gasteiger partial charge in [0.2, 0.25) is 0 Å². The van der Waals surface area contributed by atoms with Crippen LogP contribution in [-0.4, -0.2) is 9.38 Å². The maximum absolute atomic E-state index is 6.05. The lowest BCUT2D eigenvalue weighted by Crippen LogP contribution is -1.85. The molecule has 0 unspecified atom stereocenters. The third-order valence-electron chi connectivity index (χ3n) is 3.05. The van der Waals surface area contributed by atoms with Crippen LogP contribution in [0.3, 0.4) is 0 Å². The predicted molar refractivity (Wildman–Crippen MR) is 75.1 cm³/mol. The fourth-order valence-electron chi connectivity index (χ4n) is 2.09. The summed E-state index contributed by atoms with van der Waals surface area (Å²) in [7, 11) is 0. The number of rotatable bonds is 1. The molecular weight excluding hydrogens is 244 g/mol. The van der Waals surface area contributed by atoms with E-state index in [1.807, 2.05) is 29.8 Å². The normalized spacial score (nSPS) is 11.1. The molecule has 1 aromatic carbocycles. The fourth-order valence-corrected chi connectivity index (χ4v) is 2.36. The van der Waals surface area contributed by atoms with E-state index < -0.39 is 0 Å². The van der Waals surface area contributed by atoms with Crippen LogP contribution in [-0.2, 0) is 0 Å². The summed E-state index contributed by atoms with van der Waals surface area (Å²) in [6.07, 6.45) is 3.90. The minimum Gasteiger partial charge on any atom is -0.305 e. The van der Waals surface area contributed by atoms with Crippen LogP contribution in [0.5, 0.6) is 0 Å². The molecule has 2 heterocycles. The average molecular weight is 257 g/mol. The molecule has 0 spiro atoms.